The Morgan fingerprint density at radius 2 is 1.04 bits per heavy atom. The van der Waals surface area contributed by atoms with E-state index in [9.17, 15) is 10.2 Å². The molecule has 0 saturated carbocycles. The summed E-state index contributed by atoms with van der Waals surface area (Å²) >= 11 is -4.56. The molecule has 0 aliphatic carbocycles. The fraction of sp³-hybridized carbons (Fsp3) is 0.857. The number of aliphatic hydroxyl groups is 2. The predicted molar refractivity (Wildman–Crippen MR) is 216 cm³/mol. The van der Waals surface area contributed by atoms with Crippen LogP contribution in [-0.2, 0) is 14.2 Å². The Kier molecular flexibility index (Phi) is 25.0. The molecular weight excluding hydrogens is 822 g/mol. The third kappa shape index (κ3) is 17.3. The molecule has 2 N–H and O–H groups in total. The van der Waals surface area contributed by atoms with Gasteiger partial charge in [-0.25, -0.2) is 0 Å². The number of allylic oxidation sites excluding steroid dienone is 2. The molecule has 6 atom stereocenters. The van der Waals surface area contributed by atoms with Crippen LogP contribution in [0.3, 0.4) is 0 Å². The molecule has 286 valence electrons. The molecule has 1 fully saturated rings. The zero-order valence-electron chi connectivity index (χ0n) is 33.0. The van der Waals surface area contributed by atoms with Gasteiger partial charge in [0.25, 0.3) is 0 Å². The van der Waals surface area contributed by atoms with Crippen LogP contribution in [0.25, 0.3) is 0 Å². The Morgan fingerprint density at radius 3 is 1.47 bits per heavy atom. The SMILES string of the molecule is CCC[CH2][Sn]([CH2]/C=C\O[C@H]1C[C@@H](O/C=C\[CH2][Sn]([CH2]CCC)([CH2]CCC)[CH2]CCC)[C@@H]2CC[C@@H](O)[C@H](O)C/C=C\[C@H]1O2)([CH2]CCC)[CH2]CCC. The number of hydrogen-bond donors (Lipinski definition) is 2. The van der Waals surface area contributed by atoms with Gasteiger partial charge in [-0.3, -0.25) is 0 Å². The van der Waals surface area contributed by atoms with E-state index in [1.807, 2.05) is 18.6 Å². The van der Waals surface area contributed by atoms with Gasteiger partial charge >= 0.3 is 314 Å². The van der Waals surface area contributed by atoms with E-state index in [1.165, 1.54) is 113 Å². The summed E-state index contributed by atoms with van der Waals surface area (Å²) < 4.78 is 31.5. The van der Waals surface area contributed by atoms with Gasteiger partial charge in [0.2, 0.25) is 0 Å². The first-order chi connectivity index (χ1) is 23.8. The maximum atomic E-state index is 10.6. The van der Waals surface area contributed by atoms with Crippen LogP contribution in [0.2, 0.25) is 35.5 Å². The van der Waals surface area contributed by atoms with Crippen molar-refractivity contribution >= 4 is 36.8 Å². The van der Waals surface area contributed by atoms with Crippen LogP contribution in [0.4, 0.5) is 0 Å². The normalized spacial score (nSPS) is 26.0. The van der Waals surface area contributed by atoms with Crippen LogP contribution in [0, 0.1) is 0 Å². The molecule has 2 bridgehead atoms. The Hall–Kier alpha value is 0.297. The molecule has 0 aromatic carbocycles. The fourth-order valence-corrected chi connectivity index (χ4v) is 38.3. The van der Waals surface area contributed by atoms with Crippen molar-refractivity contribution in [3.63, 3.8) is 0 Å². The Labute approximate surface area is 312 Å². The number of unbranched alkanes of at least 4 members (excludes halogenated alkanes) is 6. The average molecular weight is 903 g/mol. The van der Waals surface area contributed by atoms with Gasteiger partial charge < -0.3 is 0 Å². The molecule has 0 spiro atoms. The second-order valence-electron chi connectivity index (χ2n) is 15.9. The van der Waals surface area contributed by atoms with Crippen LogP contribution < -0.4 is 0 Å². The van der Waals surface area contributed by atoms with Crippen molar-refractivity contribution in [1.82, 2.24) is 0 Å². The second-order valence-corrected chi connectivity index (χ2v) is 43.9. The van der Waals surface area contributed by atoms with Gasteiger partial charge in [0.15, 0.2) is 0 Å². The molecule has 1 saturated heterocycles. The Balaban J connectivity index is 2.23. The van der Waals surface area contributed by atoms with Crippen molar-refractivity contribution in [1.29, 1.82) is 0 Å². The maximum absolute atomic E-state index is 10.6. The summed E-state index contributed by atoms with van der Waals surface area (Å²) in [7, 11) is 0. The average Bonchev–Trinajstić information content (AvgIpc) is 3.12. The van der Waals surface area contributed by atoms with Crippen LogP contribution in [0.5, 0.6) is 0 Å². The zero-order valence-corrected chi connectivity index (χ0v) is 38.7. The van der Waals surface area contributed by atoms with E-state index < -0.39 is 49.0 Å². The van der Waals surface area contributed by atoms with Crippen molar-refractivity contribution < 1.29 is 24.4 Å². The van der Waals surface area contributed by atoms with Crippen molar-refractivity contribution in [3.8, 4) is 0 Å². The van der Waals surface area contributed by atoms with E-state index in [1.54, 1.807) is 0 Å². The molecule has 0 radical (unpaired) electrons. The van der Waals surface area contributed by atoms with Crippen LogP contribution in [0.15, 0.2) is 36.8 Å². The summed E-state index contributed by atoms with van der Waals surface area (Å²) in [5, 5.41) is 21.2. The van der Waals surface area contributed by atoms with Crippen molar-refractivity contribution in [2.24, 2.45) is 0 Å². The predicted octanol–water partition coefficient (Wildman–Crippen LogP) is 12.1. The number of rotatable bonds is 26. The van der Waals surface area contributed by atoms with Crippen LogP contribution in [0.1, 0.15) is 144 Å². The first-order valence-electron chi connectivity index (χ1n) is 21.1. The van der Waals surface area contributed by atoms with Crippen LogP contribution >= 0.6 is 0 Å². The van der Waals surface area contributed by atoms with Crippen molar-refractivity contribution in [3.05, 3.63) is 36.8 Å². The first kappa shape index (κ1) is 45.5. The molecule has 5 nitrogen and oxygen atoms in total. The van der Waals surface area contributed by atoms with Gasteiger partial charge in [-0.2, -0.15) is 0 Å². The standard InChI is InChI=1S/C18H26O5.6C4H9.2Sn/c1-3-10-21-17-12-18(22-11-4-2)16-9-8-14(20)13(19)6-5-7-15(17)23-16;6*1-3-4-2;;/h3-5,7,10-11,13-20H,1-2,6,8-9,12H2;6*1,3-4H2,2H3;;/b7-5-,10-3-,11-4-;;;;;;;;/t13-,14-,15-,16+,17+,18-;;;;;;;;/m1......../s1. The summed E-state index contributed by atoms with van der Waals surface area (Å²) in [5.41, 5.74) is 0. The van der Waals surface area contributed by atoms with E-state index in [-0.39, 0.29) is 24.4 Å². The number of ether oxygens (including phenoxy) is 3. The zero-order chi connectivity index (χ0) is 35.8. The van der Waals surface area contributed by atoms with Crippen molar-refractivity contribution in [2.45, 2.75) is 216 Å². The molecule has 0 amide bonds. The van der Waals surface area contributed by atoms with Crippen LogP contribution in [-0.4, -0.2) is 83.6 Å². The Bertz CT molecular complexity index is 864. The van der Waals surface area contributed by atoms with E-state index in [0.717, 1.165) is 6.42 Å². The molecule has 49 heavy (non-hydrogen) atoms. The van der Waals surface area contributed by atoms with Gasteiger partial charge in [0.05, 0.1) is 0 Å². The number of aliphatic hydroxyl groups excluding tert-OH is 2. The third-order valence-corrected chi connectivity index (χ3v) is 42.1. The third-order valence-electron chi connectivity index (χ3n) is 11.6. The molecule has 2 rings (SSSR count). The van der Waals surface area contributed by atoms with E-state index in [0.29, 0.717) is 19.3 Å². The van der Waals surface area contributed by atoms with Gasteiger partial charge in [0.1, 0.15) is 0 Å². The first-order valence-corrected chi connectivity index (χ1v) is 37.2. The summed E-state index contributed by atoms with van der Waals surface area (Å²) in [5.74, 6) is 0. The second kappa shape index (κ2) is 27.0. The van der Waals surface area contributed by atoms with Gasteiger partial charge in [-0.15, -0.1) is 0 Å². The molecule has 0 unspecified atom stereocenters. The van der Waals surface area contributed by atoms with Crippen molar-refractivity contribution in [2.75, 3.05) is 0 Å². The molecule has 2 aliphatic heterocycles. The summed E-state index contributed by atoms with van der Waals surface area (Å²) in [6.07, 6.45) is 29.2. The monoisotopic (exact) mass is 904 g/mol. The minimum atomic E-state index is -2.28. The molecule has 0 aromatic heterocycles. The summed E-state index contributed by atoms with van der Waals surface area (Å²) in [6, 6.07) is 0. The van der Waals surface area contributed by atoms with Gasteiger partial charge in [0, 0.05) is 0 Å². The molecular formula is C42H80O5Sn2. The molecule has 2 aliphatic rings. The van der Waals surface area contributed by atoms with Gasteiger partial charge in [-0.05, 0) is 0 Å². The molecule has 0 aromatic rings. The Morgan fingerprint density at radius 1 is 0.612 bits per heavy atom. The number of fused-ring (bicyclic) bond motifs is 2. The van der Waals surface area contributed by atoms with Gasteiger partial charge in [-0.1, -0.05) is 0 Å². The quantitative estimate of drug-likeness (QED) is 0.0514. The van der Waals surface area contributed by atoms with E-state index in [4.69, 9.17) is 14.2 Å². The van der Waals surface area contributed by atoms with E-state index in [2.05, 4.69) is 59.8 Å². The molecule has 7 heteroatoms. The molecule has 2 heterocycles. The minimum absolute atomic E-state index is 0.132. The summed E-state index contributed by atoms with van der Waals surface area (Å²) in [4.78, 5) is 0. The topological polar surface area (TPSA) is 68.2 Å². The summed E-state index contributed by atoms with van der Waals surface area (Å²) in [6.45, 7) is 14.1. The van der Waals surface area contributed by atoms with E-state index >= 15 is 0 Å². The fourth-order valence-electron chi connectivity index (χ4n) is 8.21. The number of hydrogen-bond acceptors (Lipinski definition) is 5.